The average molecular weight is 297 g/mol. The summed E-state index contributed by atoms with van der Waals surface area (Å²) in [7, 11) is 1.73. The quantitative estimate of drug-likeness (QED) is 0.872. The van der Waals surface area contributed by atoms with Crippen LogP contribution < -0.4 is 10.5 Å². The molecule has 0 spiro atoms. The van der Waals surface area contributed by atoms with E-state index in [0.717, 1.165) is 12.2 Å². The molecular formula is C20H27NO. The molecule has 3 rings (SSSR count). The van der Waals surface area contributed by atoms with Crippen LogP contribution in [0.25, 0.3) is 10.8 Å². The number of methoxy groups -OCH3 is 1. The molecule has 1 saturated carbocycles. The molecule has 1 unspecified atom stereocenters. The summed E-state index contributed by atoms with van der Waals surface area (Å²) in [5.41, 5.74) is 8.25. The molecule has 0 saturated heterocycles. The molecule has 1 aliphatic carbocycles. The van der Waals surface area contributed by atoms with E-state index in [-0.39, 0.29) is 11.5 Å². The molecule has 2 aromatic carbocycles. The Kier molecular flexibility index (Phi) is 4.14. The Morgan fingerprint density at radius 1 is 1.18 bits per heavy atom. The lowest BCUT2D eigenvalue weighted by Crippen LogP contribution is -2.51. The van der Waals surface area contributed by atoms with Gasteiger partial charge in [-0.1, -0.05) is 44.5 Å². The van der Waals surface area contributed by atoms with Crippen molar-refractivity contribution in [3.05, 3.63) is 42.0 Å². The van der Waals surface area contributed by atoms with Gasteiger partial charge in [-0.15, -0.1) is 0 Å². The highest BCUT2D eigenvalue weighted by molar-refractivity contribution is 5.88. The van der Waals surface area contributed by atoms with Gasteiger partial charge in [-0.05, 0) is 53.6 Å². The van der Waals surface area contributed by atoms with Crippen LogP contribution in [0, 0.1) is 5.92 Å². The minimum absolute atomic E-state index is 0.149. The summed E-state index contributed by atoms with van der Waals surface area (Å²) in [6.07, 6.45) is 4.78. The maximum Gasteiger partial charge on any atom is 0.119 e. The van der Waals surface area contributed by atoms with Gasteiger partial charge in [-0.2, -0.15) is 0 Å². The van der Waals surface area contributed by atoms with Crippen LogP contribution in [0.15, 0.2) is 36.4 Å². The summed E-state index contributed by atoms with van der Waals surface area (Å²) >= 11 is 0. The fourth-order valence-corrected chi connectivity index (χ4v) is 3.94. The Labute approximate surface area is 133 Å². The maximum absolute atomic E-state index is 6.68. The normalized spacial score (nSPS) is 18.2. The van der Waals surface area contributed by atoms with E-state index >= 15 is 0 Å². The number of benzene rings is 2. The Morgan fingerprint density at radius 2 is 1.95 bits per heavy atom. The Morgan fingerprint density at radius 3 is 2.55 bits per heavy atom. The van der Waals surface area contributed by atoms with Gasteiger partial charge in [0.2, 0.25) is 0 Å². The molecule has 0 bridgehead atoms. The molecule has 0 amide bonds. The molecule has 1 fully saturated rings. The van der Waals surface area contributed by atoms with Crippen molar-refractivity contribution in [2.75, 3.05) is 7.11 Å². The highest BCUT2D eigenvalue weighted by Gasteiger charge is 2.44. The van der Waals surface area contributed by atoms with Gasteiger partial charge in [0.1, 0.15) is 5.75 Å². The SMILES string of the molecule is COc1ccc2cccc(C3(C(N)CC(C)C)CCC3)c2c1. The van der Waals surface area contributed by atoms with Crippen molar-refractivity contribution < 1.29 is 4.74 Å². The van der Waals surface area contributed by atoms with Gasteiger partial charge >= 0.3 is 0 Å². The molecule has 0 aromatic heterocycles. The van der Waals surface area contributed by atoms with Crippen LogP contribution in [0.5, 0.6) is 5.75 Å². The molecular weight excluding hydrogens is 270 g/mol. The zero-order valence-corrected chi connectivity index (χ0v) is 13.9. The third kappa shape index (κ3) is 2.50. The van der Waals surface area contributed by atoms with Crippen LogP contribution in [0.4, 0.5) is 0 Å². The number of rotatable bonds is 5. The third-order valence-electron chi connectivity index (χ3n) is 5.31. The largest absolute Gasteiger partial charge is 0.497 e. The van der Waals surface area contributed by atoms with Crippen LogP contribution in [-0.4, -0.2) is 13.2 Å². The number of nitrogens with two attached hydrogens (primary N) is 1. The van der Waals surface area contributed by atoms with Crippen LogP contribution in [0.2, 0.25) is 0 Å². The number of hydrogen-bond acceptors (Lipinski definition) is 2. The standard InChI is InChI=1S/C20H27NO/c1-14(2)12-19(21)20(10-5-11-20)18-7-4-6-15-8-9-16(22-3)13-17(15)18/h4,6-9,13-14,19H,5,10-12,21H2,1-3H3. The second-order valence-corrected chi connectivity index (χ2v) is 7.14. The molecule has 22 heavy (non-hydrogen) atoms. The van der Waals surface area contributed by atoms with Crippen molar-refractivity contribution in [2.45, 2.75) is 51.0 Å². The lowest BCUT2D eigenvalue weighted by Gasteiger charge is -2.48. The fourth-order valence-electron chi connectivity index (χ4n) is 3.94. The zero-order valence-electron chi connectivity index (χ0n) is 13.9. The first-order valence-electron chi connectivity index (χ1n) is 8.39. The summed E-state index contributed by atoms with van der Waals surface area (Å²) in [6, 6.07) is 13.2. The topological polar surface area (TPSA) is 35.2 Å². The molecule has 2 nitrogen and oxygen atoms in total. The minimum atomic E-state index is 0.149. The van der Waals surface area contributed by atoms with Crippen LogP contribution in [0.1, 0.15) is 45.1 Å². The molecule has 0 aliphatic heterocycles. The van der Waals surface area contributed by atoms with Gasteiger partial charge < -0.3 is 10.5 Å². The van der Waals surface area contributed by atoms with E-state index in [1.807, 2.05) is 6.07 Å². The van der Waals surface area contributed by atoms with Crippen molar-refractivity contribution >= 4 is 10.8 Å². The highest BCUT2D eigenvalue weighted by atomic mass is 16.5. The average Bonchev–Trinajstić information content (AvgIpc) is 2.45. The Bertz CT molecular complexity index is 658. The Hall–Kier alpha value is -1.54. The molecule has 2 aromatic rings. The van der Waals surface area contributed by atoms with E-state index in [0.29, 0.717) is 5.92 Å². The van der Waals surface area contributed by atoms with Gasteiger partial charge in [0.15, 0.2) is 0 Å². The van der Waals surface area contributed by atoms with Crippen molar-refractivity contribution in [3.8, 4) is 5.75 Å². The molecule has 118 valence electrons. The Balaban J connectivity index is 2.10. The van der Waals surface area contributed by atoms with E-state index < -0.39 is 0 Å². The molecule has 2 heteroatoms. The van der Waals surface area contributed by atoms with E-state index in [9.17, 15) is 0 Å². The maximum atomic E-state index is 6.68. The van der Waals surface area contributed by atoms with E-state index in [1.54, 1.807) is 7.11 Å². The van der Waals surface area contributed by atoms with Gasteiger partial charge in [0.25, 0.3) is 0 Å². The molecule has 1 atom stereocenters. The second-order valence-electron chi connectivity index (χ2n) is 7.14. The molecule has 1 aliphatic rings. The fraction of sp³-hybridized carbons (Fsp3) is 0.500. The van der Waals surface area contributed by atoms with Crippen LogP contribution in [-0.2, 0) is 5.41 Å². The summed E-state index contributed by atoms with van der Waals surface area (Å²) in [6.45, 7) is 4.52. The van der Waals surface area contributed by atoms with Crippen LogP contribution >= 0.6 is 0 Å². The predicted octanol–water partition coefficient (Wildman–Crippen LogP) is 4.64. The first-order chi connectivity index (χ1) is 10.6. The van der Waals surface area contributed by atoms with Crippen molar-refractivity contribution in [1.82, 2.24) is 0 Å². The van der Waals surface area contributed by atoms with Gasteiger partial charge in [-0.25, -0.2) is 0 Å². The number of hydrogen-bond donors (Lipinski definition) is 1. The first-order valence-corrected chi connectivity index (χ1v) is 8.39. The van der Waals surface area contributed by atoms with Crippen LogP contribution in [0.3, 0.4) is 0 Å². The van der Waals surface area contributed by atoms with Crippen molar-refractivity contribution in [2.24, 2.45) is 11.7 Å². The summed E-state index contributed by atoms with van der Waals surface area (Å²) in [5, 5.41) is 2.59. The lowest BCUT2D eigenvalue weighted by atomic mass is 9.58. The molecule has 0 heterocycles. The number of fused-ring (bicyclic) bond motifs is 1. The minimum Gasteiger partial charge on any atom is -0.497 e. The first kappa shape index (κ1) is 15.4. The zero-order chi connectivity index (χ0) is 15.7. The predicted molar refractivity (Wildman–Crippen MR) is 93.5 cm³/mol. The molecule has 0 radical (unpaired) electrons. The van der Waals surface area contributed by atoms with Crippen molar-refractivity contribution in [1.29, 1.82) is 0 Å². The highest BCUT2D eigenvalue weighted by Crippen LogP contribution is 2.49. The van der Waals surface area contributed by atoms with Gasteiger partial charge in [-0.3, -0.25) is 0 Å². The van der Waals surface area contributed by atoms with E-state index in [4.69, 9.17) is 10.5 Å². The number of ether oxygens (including phenoxy) is 1. The monoisotopic (exact) mass is 297 g/mol. The van der Waals surface area contributed by atoms with Gasteiger partial charge in [0.05, 0.1) is 7.11 Å². The van der Waals surface area contributed by atoms with Crippen molar-refractivity contribution in [3.63, 3.8) is 0 Å². The summed E-state index contributed by atoms with van der Waals surface area (Å²) < 4.78 is 5.44. The lowest BCUT2D eigenvalue weighted by molar-refractivity contribution is 0.180. The van der Waals surface area contributed by atoms with E-state index in [2.05, 4.69) is 44.2 Å². The third-order valence-corrected chi connectivity index (χ3v) is 5.31. The molecule has 2 N–H and O–H groups in total. The van der Waals surface area contributed by atoms with E-state index in [1.165, 1.54) is 35.6 Å². The summed E-state index contributed by atoms with van der Waals surface area (Å²) in [5.74, 6) is 1.56. The van der Waals surface area contributed by atoms with Gasteiger partial charge in [0, 0.05) is 11.5 Å². The summed E-state index contributed by atoms with van der Waals surface area (Å²) in [4.78, 5) is 0. The second kappa shape index (κ2) is 5.92. The smallest absolute Gasteiger partial charge is 0.119 e.